The van der Waals surface area contributed by atoms with Gasteiger partial charge in [0, 0.05) is 43.6 Å². The summed E-state index contributed by atoms with van der Waals surface area (Å²) in [6.45, 7) is 0. The van der Waals surface area contributed by atoms with E-state index in [0.717, 1.165) is 0 Å². The van der Waals surface area contributed by atoms with Crippen molar-refractivity contribution in [1.82, 2.24) is 9.97 Å². The van der Waals surface area contributed by atoms with E-state index in [0.29, 0.717) is 0 Å². The standard InChI is InChI=1S/2C12H9N.BH3O2/c2*1-3-7-11-9(5-1)10-6-2-4-8-12(10)13-11;2-1-3/h2*1-8,13H;1-3H. The van der Waals surface area contributed by atoms with Crippen LogP contribution in [-0.2, 0) is 0 Å². The number of H-pyrrole nitrogens is 2. The van der Waals surface area contributed by atoms with Gasteiger partial charge in [0.2, 0.25) is 0 Å². The zero-order chi connectivity index (χ0) is 20.1. The average molecular weight is 380 g/mol. The molecule has 0 fully saturated rings. The predicted octanol–water partition coefficient (Wildman–Crippen LogP) is 4.88. The van der Waals surface area contributed by atoms with Gasteiger partial charge in [0.25, 0.3) is 0 Å². The molecule has 6 aromatic rings. The Kier molecular flexibility index (Phi) is 5.61. The van der Waals surface area contributed by atoms with Crippen molar-refractivity contribution in [2.24, 2.45) is 0 Å². The third kappa shape index (κ3) is 3.87. The third-order valence-electron chi connectivity index (χ3n) is 4.83. The van der Waals surface area contributed by atoms with Crippen LogP contribution in [0, 0.1) is 0 Å². The molecule has 0 bridgehead atoms. The van der Waals surface area contributed by atoms with E-state index in [9.17, 15) is 0 Å². The summed E-state index contributed by atoms with van der Waals surface area (Å²) in [5, 5.41) is 19.5. The normalized spacial score (nSPS) is 10.4. The molecule has 2 heterocycles. The highest BCUT2D eigenvalue weighted by atomic mass is 16.4. The Labute approximate surface area is 168 Å². The van der Waals surface area contributed by atoms with Crippen LogP contribution in [0.5, 0.6) is 0 Å². The van der Waals surface area contributed by atoms with Crippen LogP contribution in [0.4, 0.5) is 0 Å². The van der Waals surface area contributed by atoms with E-state index < -0.39 is 7.69 Å². The van der Waals surface area contributed by atoms with Gasteiger partial charge in [-0.1, -0.05) is 72.8 Å². The van der Waals surface area contributed by atoms with E-state index in [2.05, 4.69) is 107 Å². The molecule has 0 saturated heterocycles. The SMILES string of the molecule is OBO.c1ccc2c(c1)[nH]c1ccccc12.c1ccc2c(c1)[nH]c1ccccc12. The molecule has 5 heteroatoms. The summed E-state index contributed by atoms with van der Waals surface area (Å²) in [6.07, 6.45) is 0. The van der Waals surface area contributed by atoms with Gasteiger partial charge in [-0.05, 0) is 24.3 Å². The molecule has 0 aliphatic rings. The van der Waals surface area contributed by atoms with E-state index in [4.69, 9.17) is 10.0 Å². The largest absolute Gasteiger partial charge is 0.432 e. The van der Waals surface area contributed by atoms with Gasteiger partial charge < -0.3 is 20.0 Å². The number of hydrogen-bond acceptors (Lipinski definition) is 2. The van der Waals surface area contributed by atoms with Gasteiger partial charge in [0.15, 0.2) is 0 Å². The molecule has 4 aromatic carbocycles. The number of aromatic nitrogens is 2. The highest BCUT2D eigenvalue weighted by Crippen LogP contribution is 2.25. The van der Waals surface area contributed by atoms with Crippen LogP contribution in [0.2, 0.25) is 0 Å². The number of aromatic amines is 2. The first-order valence-electron chi connectivity index (χ1n) is 9.44. The molecule has 0 aliphatic carbocycles. The van der Waals surface area contributed by atoms with E-state index >= 15 is 0 Å². The van der Waals surface area contributed by atoms with Gasteiger partial charge in [-0.25, -0.2) is 0 Å². The van der Waals surface area contributed by atoms with Crippen LogP contribution in [0.15, 0.2) is 97.1 Å². The fourth-order valence-corrected chi connectivity index (χ4v) is 3.60. The number of benzene rings is 4. The molecule has 0 spiro atoms. The fourth-order valence-electron chi connectivity index (χ4n) is 3.60. The lowest BCUT2D eigenvalue weighted by Gasteiger charge is -1.87. The molecule has 0 aliphatic heterocycles. The molecule has 4 N–H and O–H groups in total. The zero-order valence-corrected chi connectivity index (χ0v) is 15.8. The summed E-state index contributed by atoms with van der Waals surface area (Å²) in [5.41, 5.74) is 4.85. The first-order valence-corrected chi connectivity index (χ1v) is 9.44. The predicted molar refractivity (Wildman–Crippen MR) is 123 cm³/mol. The fraction of sp³-hybridized carbons (Fsp3) is 0. The number of fused-ring (bicyclic) bond motifs is 6. The van der Waals surface area contributed by atoms with Crippen molar-refractivity contribution in [2.75, 3.05) is 0 Å². The summed E-state index contributed by atoms with van der Waals surface area (Å²) in [6, 6.07) is 33.5. The molecule has 4 nitrogen and oxygen atoms in total. The molecule has 2 aromatic heterocycles. The van der Waals surface area contributed by atoms with Gasteiger partial charge in [-0.15, -0.1) is 0 Å². The molecule has 0 amide bonds. The van der Waals surface area contributed by atoms with Gasteiger partial charge in [-0.3, -0.25) is 0 Å². The number of para-hydroxylation sites is 4. The lowest BCUT2D eigenvalue weighted by molar-refractivity contribution is 0.448. The van der Waals surface area contributed by atoms with Crippen molar-refractivity contribution in [1.29, 1.82) is 0 Å². The van der Waals surface area contributed by atoms with Crippen LogP contribution in [0.1, 0.15) is 0 Å². The lowest BCUT2D eigenvalue weighted by Crippen LogP contribution is -1.75. The minimum Gasteiger partial charge on any atom is -0.430 e. The van der Waals surface area contributed by atoms with Crippen LogP contribution >= 0.6 is 0 Å². The maximum absolute atomic E-state index is 7.12. The Hall–Kier alpha value is -3.54. The minimum absolute atomic E-state index is 0.750. The number of hydrogen-bond donors (Lipinski definition) is 4. The molecule has 0 atom stereocenters. The Bertz CT molecular complexity index is 1160. The highest BCUT2D eigenvalue weighted by molar-refractivity contribution is 6.13. The van der Waals surface area contributed by atoms with Gasteiger partial charge in [-0.2, -0.15) is 0 Å². The summed E-state index contributed by atoms with van der Waals surface area (Å²) >= 11 is 0. The Morgan fingerprint density at radius 2 is 0.621 bits per heavy atom. The van der Waals surface area contributed by atoms with Crippen molar-refractivity contribution in [3.8, 4) is 0 Å². The summed E-state index contributed by atoms with van der Waals surface area (Å²) in [5.74, 6) is 0. The van der Waals surface area contributed by atoms with Gasteiger partial charge >= 0.3 is 7.69 Å². The van der Waals surface area contributed by atoms with E-state index in [1.54, 1.807) is 0 Å². The maximum atomic E-state index is 7.12. The molecule has 0 unspecified atom stereocenters. The second-order valence-corrected chi connectivity index (χ2v) is 6.57. The van der Waals surface area contributed by atoms with E-state index in [-0.39, 0.29) is 0 Å². The monoisotopic (exact) mass is 380 g/mol. The molecule has 6 rings (SSSR count). The van der Waals surface area contributed by atoms with Crippen molar-refractivity contribution in [3.05, 3.63) is 97.1 Å². The topological polar surface area (TPSA) is 72.0 Å². The number of nitrogens with one attached hydrogen (secondary N) is 2. The third-order valence-corrected chi connectivity index (χ3v) is 4.83. The summed E-state index contributed by atoms with van der Waals surface area (Å²) in [4.78, 5) is 6.76. The van der Waals surface area contributed by atoms with Crippen LogP contribution < -0.4 is 0 Å². The molecule has 142 valence electrons. The first kappa shape index (κ1) is 18.8. The van der Waals surface area contributed by atoms with Crippen LogP contribution in [-0.4, -0.2) is 27.7 Å². The second kappa shape index (κ2) is 8.65. The van der Waals surface area contributed by atoms with Crippen molar-refractivity contribution < 1.29 is 10.0 Å². The van der Waals surface area contributed by atoms with Gasteiger partial charge in [0.05, 0.1) is 0 Å². The minimum atomic E-state index is -0.750. The molecule has 0 radical (unpaired) electrons. The molecule has 29 heavy (non-hydrogen) atoms. The Morgan fingerprint density at radius 3 is 0.862 bits per heavy atom. The van der Waals surface area contributed by atoms with Gasteiger partial charge in [0.1, 0.15) is 0 Å². The lowest BCUT2D eigenvalue weighted by atomic mass is 10.2. The Morgan fingerprint density at radius 1 is 0.414 bits per heavy atom. The van der Waals surface area contributed by atoms with E-state index in [1.807, 2.05) is 0 Å². The van der Waals surface area contributed by atoms with E-state index in [1.165, 1.54) is 43.6 Å². The van der Waals surface area contributed by atoms with Crippen molar-refractivity contribution in [3.63, 3.8) is 0 Å². The summed E-state index contributed by atoms with van der Waals surface area (Å²) < 4.78 is 0. The van der Waals surface area contributed by atoms with Crippen molar-refractivity contribution in [2.45, 2.75) is 0 Å². The average Bonchev–Trinajstić information content (AvgIpc) is 3.33. The zero-order valence-electron chi connectivity index (χ0n) is 15.8. The maximum Gasteiger partial charge on any atom is 0.432 e. The molecular weight excluding hydrogens is 359 g/mol. The molecule has 0 saturated carbocycles. The summed E-state index contributed by atoms with van der Waals surface area (Å²) in [7, 11) is -0.750. The quantitative estimate of drug-likeness (QED) is 0.284. The van der Waals surface area contributed by atoms with Crippen LogP contribution in [0.3, 0.4) is 0 Å². The van der Waals surface area contributed by atoms with Crippen LogP contribution in [0.25, 0.3) is 43.6 Å². The van der Waals surface area contributed by atoms with Crippen molar-refractivity contribution >= 4 is 51.3 Å². The molecular formula is C24H21BN2O2. The second-order valence-electron chi connectivity index (χ2n) is 6.57. The number of rotatable bonds is 0. The Balaban J connectivity index is 0.000000125. The highest BCUT2D eigenvalue weighted by Gasteiger charge is 2.01. The smallest absolute Gasteiger partial charge is 0.430 e. The first-order chi connectivity index (χ1) is 14.3.